The molecular weight excluding hydrogens is 255 g/mol. The number of hydrogen-bond acceptors (Lipinski definition) is 5. The second-order valence-electron chi connectivity index (χ2n) is 4.02. The Morgan fingerprint density at radius 2 is 2.29 bits per heavy atom. The molecule has 0 saturated carbocycles. The van der Waals surface area contributed by atoms with E-state index >= 15 is 0 Å². The number of piperazine rings is 1. The fraction of sp³-hybridized carbons (Fsp3) is 0.667. The molecule has 1 saturated heterocycles. The zero-order valence-electron chi connectivity index (χ0n) is 8.75. The Morgan fingerprint density at radius 1 is 1.47 bits per heavy atom. The van der Waals surface area contributed by atoms with Crippen LogP contribution in [0.5, 0.6) is 5.75 Å². The Hall–Kier alpha value is -1.02. The van der Waals surface area contributed by atoms with Gasteiger partial charge in [0, 0.05) is 19.6 Å². The van der Waals surface area contributed by atoms with Crippen molar-refractivity contribution >= 4 is 17.4 Å². The van der Waals surface area contributed by atoms with Crippen LogP contribution in [0.15, 0.2) is 0 Å². The van der Waals surface area contributed by atoms with Crippen LogP contribution in [0, 0.1) is 0 Å². The fourth-order valence-electron chi connectivity index (χ4n) is 2.13. The second-order valence-corrected chi connectivity index (χ2v) is 4.80. The summed E-state index contributed by atoms with van der Waals surface area (Å²) in [5, 5.41) is 3.18. The summed E-state index contributed by atoms with van der Waals surface area (Å²) in [6.07, 6.45) is -4.38. The monoisotopic (exact) mass is 265 g/mol. The molecule has 1 fully saturated rings. The first kappa shape index (κ1) is 11.1. The maximum absolute atomic E-state index is 12.7. The fourth-order valence-corrected chi connectivity index (χ4v) is 2.84. The molecule has 0 amide bonds. The van der Waals surface area contributed by atoms with E-state index in [4.69, 9.17) is 4.74 Å². The molecule has 3 rings (SSSR count). The number of aromatic nitrogens is 1. The van der Waals surface area contributed by atoms with Gasteiger partial charge < -0.3 is 15.0 Å². The maximum Gasteiger partial charge on any atom is 0.430 e. The van der Waals surface area contributed by atoms with Gasteiger partial charge in [-0.1, -0.05) is 0 Å². The number of halogens is 3. The minimum absolute atomic E-state index is 0.0828. The highest BCUT2D eigenvalue weighted by atomic mass is 32.1. The average Bonchev–Trinajstić information content (AvgIpc) is 2.72. The molecule has 1 aromatic rings. The van der Waals surface area contributed by atoms with E-state index in [1.807, 2.05) is 4.90 Å². The van der Waals surface area contributed by atoms with Gasteiger partial charge in [0.2, 0.25) is 0 Å². The van der Waals surface area contributed by atoms with Crippen LogP contribution in [-0.2, 0) is 6.18 Å². The second kappa shape index (κ2) is 3.74. The van der Waals surface area contributed by atoms with Crippen LogP contribution in [0.2, 0.25) is 0 Å². The Morgan fingerprint density at radius 3 is 3.06 bits per heavy atom. The highest BCUT2D eigenvalue weighted by Crippen LogP contribution is 2.46. The van der Waals surface area contributed by atoms with Crippen LogP contribution < -0.4 is 15.0 Å². The summed E-state index contributed by atoms with van der Waals surface area (Å²) in [5.41, 5.74) is 0. The van der Waals surface area contributed by atoms with Gasteiger partial charge >= 0.3 is 6.18 Å². The zero-order chi connectivity index (χ0) is 12.0. The lowest BCUT2D eigenvalue weighted by atomic mass is 10.1. The summed E-state index contributed by atoms with van der Waals surface area (Å²) in [6, 6.07) is 0.0828. The van der Waals surface area contributed by atoms with Gasteiger partial charge in [-0.2, -0.15) is 17.5 Å². The number of nitrogens with one attached hydrogen (secondary N) is 1. The molecule has 1 N–H and O–H groups in total. The lowest BCUT2D eigenvalue weighted by Gasteiger charge is -2.39. The first-order valence-corrected chi connectivity index (χ1v) is 6.02. The van der Waals surface area contributed by atoms with E-state index in [2.05, 4.69) is 9.69 Å². The van der Waals surface area contributed by atoms with Crippen molar-refractivity contribution in [1.82, 2.24) is 9.69 Å². The molecule has 0 aromatic carbocycles. The van der Waals surface area contributed by atoms with Gasteiger partial charge in [-0.25, -0.2) is 0 Å². The molecule has 1 unspecified atom stereocenters. The van der Waals surface area contributed by atoms with Crippen molar-refractivity contribution in [2.45, 2.75) is 12.2 Å². The Kier molecular flexibility index (Phi) is 2.44. The van der Waals surface area contributed by atoms with E-state index in [9.17, 15) is 13.2 Å². The minimum atomic E-state index is -4.38. The van der Waals surface area contributed by atoms with Gasteiger partial charge in [0.15, 0.2) is 16.4 Å². The van der Waals surface area contributed by atoms with Gasteiger partial charge in [0.25, 0.3) is 0 Å². The van der Waals surface area contributed by atoms with E-state index in [0.717, 1.165) is 13.1 Å². The molecule has 0 aliphatic carbocycles. The molecule has 0 spiro atoms. The van der Waals surface area contributed by atoms with Gasteiger partial charge in [0.05, 0.1) is 6.04 Å². The third-order valence-electron chi connectivity index (χ3n) is 2.93. The van der Waals surface area contributed by atoms with Crippen LogP contribution in [0.1, 0.15) is 4.88 Å². The van der Waals surface area contributed by atoms with Crippen molar-refractivity contribution in [2.24, 2.45) is 0 Å². The molecule has 0 bridgehead atoms. The van der Waals surface area contributed by atoms with Crippen molar-refractivity contribution < 1.29 is 17.9 Å². The normalized spacial score (nSPS) is 23.9. The van der Waals surface area contributed by atoms with Gasteiger partial charge in [-0.3, -0.25) is 0 Å². The molecule has 3 heterocycles. The number of fused-ring (bicyclic) bond motifs is 3. The summed E-state index contributed by atoms with van der Waals surface area (Å²) >= 11 is 0.466. The summed E-state index contributed by atoms with van der Waals surface area (Å²) in [4.78, 5) is 1.17. The number of hydrogen-bond donors (Lipinski definition) is 1. The lowest BCUT2D eigenvalue weighted by Crippen LogP contribution is -2.55. The zero-order valence-corrected chi connectivity index (χ0v) is 9.57. The first-order chi connectivity index (χ1) is 8.07. The van der Waals surface area contributed by atoms with Crippen LogP contribution in [-0.4, -0.2) is 36.7 Å². The predicted molar refractivity (Wildman–Crippen MR) is 56.6 cm³/mol. The summed E-state index contributed by atoms with van der Waals surface area (Å²) in [6.45, 7) is 2.43. The van der Waals surface area contributed by atoms with Crippen LogP contribution in [0.25, 0.3) is 0 Å². The number of ether oxygens (including phenoxy) is 1. The first-order valence-electron chi connectivity index (χ1n) is 5.24. The maximum atomic E-state index is 12.7. The van der Waals surface area contributed by atoms with Crippen molar-refractivity contribution in [1.29, 1.82) is 0 Å². The number of alkyl halides is 3. The molecule has 94 valence electrons. The van der Waals surface area contributed by atoms with Crippen molar-refractivity contribution in [3.05, 3.63) is 4.88 Å². The van der Waals surface area contributed by atoms with E-state index in [0.29, 0.717) is 23.9 Å². The topological polar surface area (TPSA) is 37.4 Å². The molecule has 8 heteroatoms. The summed E-state index contributed by atoms with van der Waals surface area (Å²) in [5.74, 6) is 0.251. The lowest BCUT2D eigenvalue weighted by molar-refractivity contribution is -0.135. The number of rotatable bonds is 0. The van der Waals surface area contributed by atoms with Crippen LogP contribution in [0.4, 0.5) is 19.0 Å². The third-order valence-corrected chi connectivity index (χ3v) is 3.80. The molecule has 2 aliphatic rings. The minimum Gasteiger partial charge on any atom is -0.486 e. The van der Waals surface area contributed by atoms with Crippen LogP contribution >= 0.6 is 11.5 Å². The highest BCUT2D eigenvalue weighted by molar-refractivity contribution is 7.06. The van der Waals surface area contributed by atoms with E-state index < -0.39 is 11.1 Å². The molecule has 2 aliphatic heterocycles. The summed E-state index contributed by atoms with van der Waals surface area (Å²) in [7, 11) is 0. The summed E-state index contributed by atoms with van der Waals surface area (Å²) < 4.78 is 47.2. The van der Waals surface area contributed by atoms with Gasteiger partial charge in [-0.05, 0) is 11.5 Å². The van der Waals surface area contributed by atoms with E-state index in [1.165, 1.54) is 0 Å². The smallest absolute Gasteiger partial charge is 0.430 e. The quantitative estimate of drug-likeness (QED) is 0.768. The van der Waals surface area contributed by atoms with Crippen LogP contribution in [0.3, 0.4) is 0 Å². The van der Waals surface area contributed by atoms with Gasteiger partial charge in [-0.15, -0.1) is 0 Å². The van der Waals surface area contributed by atoms with E-state index in [1.54, 1.807) is 0 Å². The van der Waals surface area contributed by atoms with Gasteiger partial charge in [0.1, 0.15) is 6.61 Å². The average molecular weight is 265 g/mol. The molecule has 1 atom stereocenters. The number of anilines is 1. The highest BCUT2D eigenvalue weighted by Gasteiger charge is 2.43. The molecule has 0 radical (unpaired) electrons. The Labute approximate surface area is 99.5 Å². The largest absolute Gasteiger partial charge is 0.486 e. The number of nitrogens with zero attached hydrogens (tertiary/aromatic N) is 2. The Balaban J connectivity index is 1.99. The third kappa shape index (κ3) is 1.75. The van der Waals surface area contributed by atoms with E-state index in [-0.39, 0.29) is 18.4 Å². The molecule has 17 heavy (non-hydrogen) atoms. The SMILES string of the molecule is FC(F)(F)c1snc2c1OCC1CNCCN21. The molecule has 4 nitrogen and oxygen atoms in total. The predicted octanol–water partition coefficient (Wildman–Crippen LogP) is 1.33. The molecule has 1 aromatic heterocycles. The van der Waals surface area contributed by atoms with Crippen molar-refractivity contribution in [2.75, 3.05) is 31.1 Å². The molecular formula is C9H10F3N3OS. The standard InChI is InChI=1S/C9H10F3N3OS/c10-9(11,12)7-6-8(14-17-7)15-2-1-13-3-5(15)4-16-6/h5,13H,1-4H2. The van der Waals surface area contributed by atoms with Crippen molar-refractivity contribution in [3.63, 3.8) is 0 Å². The van der Waals surface area contributed by atoms with Crippen molar-refractivity contribution in [3.8, 4) is 5.75 Å². The Bertz CT molecular complexity index is 434.